The number of nitro groups is 1. The highest BCUT2D eigenvalue weighted by atomic mass is 35.5. The maximum absolute atomic E-state index is 12.9. The van der Waals surface area contributed by atoms with Gasteiger partial charge in [-0.3, -0.25) is 14.9 Å². The van der Waals surface area contributed by atoms with Crippen molar-refractivity contribution < 1.29 is 9.72 Å². The van der Waals surface area contributed by atoms with Crippen molar-refractivity contribution in [3.8, 4) is 0 Å². The predicted molar refractivity (Wildman–Crippen MR) is 105 cm³/mol. The zero-order valence-corrected chi connectivity index (χ0v) is 16.4. The van der Waals surface area contributed by atoms with E-state index in [4.69, 9.17) is 0 Å². The largest absolute Gasteiger partial charge is 0.338 e. The highest BCUT2D eigenvalue weighted by Gasteiger charge is 2.31. The Balaban J connectivity index is 0.00000225. The number of amides is 1. The number of aromatic nitrogens is 3. The zero-order valence-electron chi connectivity index (χ0n) is 15.6. The summed E-state index contributed by atoms with van der Waals surface area (Å²) in [4.78, 5) is 25.4. The lowest BCUT2D eigenvalue weighted by Crippen LogP contribution is -2.39. The normalized spacial score (nSPS) is 17.0. The first kappa shape index (κ1) is 20.2. The number of carbonyl (C=O) groups is 1. The number of nitrogens with one attached hydrogen (secondary N) is 1. The molecule has 28 heavy (non-hydrogen) atoms. The molecule has 1 amide bonds. The number of hydrogen-bond donors (Lipinski definition) is 1. The van der Waals surface area contributed by atoms with Gasteiger partial charge in [0.15, 0.2) is 0 Å². The molecule has 150 valence electrons. The summed E-state index contributed by atoms with van der Waals surface area (Å²) in [5.41, 5.74) is 0.874. The standard InChI is InChI=1S/C18H22N6O3.ClH/c1-12-2-3-15(24(26)27)14(10-12)18(25)22-7-4-13(5-8-22)17-21-20-16-11-19-6-9-23(16)17;/h2-3,10,13,19H,4-9,11H2,1H3;1H. The first-order chi connectivity index (χ1) is 13.0. The number of rotatable bonds is 3. The Morgan fingerprint density at radius 2 is 2.00 bits per heavy atom. The number of aryl methyl sites for hydroxylation is 1. The van der Waals surface area contributed by atoms with Gasteiger partial charge < -0.3 is 14.8 Å². The third kappa shape index (κ3) is 3.72. The molecule has 0 bridgehead atoms. The van der Waals surface area contributed by atoms with Crippen LogP contribution in [0.1, 0.15) is 46.3 Å². The van der Waals surface area contributed by atoms with Crippen molar-refractivity contribution in [2.45, 2.75) is 38.8 Å². The van der Waals surface area contributed by atoms with Crippen molar-refractivity contribution >= 4 is 24.0 Å². The topological polar surface area (TPSA) is 106 Å². The van der Waals surface area contributed by atoms with Gasteiger partial charge in [0.25, 0.3) is 11.6 Å². The van der Waals surface area contributed by atoms with Crippen LogP contribution in [0.25, 0.3) is 0 Å². The molecule has 1 aromatic carbocycles. The summed E-state index contributed by atoms with van der Waals surface area (Å²) in [6, 6.07) is 4.67. The van der Waals surface area contributed by atoms with Gasteiger partial charge in [0, 0.05) is 38.2 Å². The van der Waals surface area contributed by atoms with Crippen molar-refractivity contribution in [3.05, 3.63) is 51.1 Å². The second kappa shape index (κ2) is 8.24. The van der Waals surface area contributed by atoms with Crippen LogP contribution in [0.2, 0.25) is 0 Å². The van der Waals surface area contributed by atoms with Gasteiger partial charge in [-0.25, -0.2) is 0 Å². The van der Waals surface area contributed by atoms with Crippen LogP contribution in [0.3, 0.4) is 0 Å². The van der Waals surface area contributed by atoms with Crippen LogP contribution >= 0.6 is 12.4 Å². The second-order valence-corrected chi connectivity index (χ2v) is 7.15. The van der Waals surface area contributed by atoms with Crippen molar-refractivity contribution in [2.75, 3.05) is 19.6 Å². The number of carbonyl (C=O) groups excluding carboxylic acids is 1. The molecule has 4 rings (SSSR count). The molecule has 1 aromatic heterocycles. The molecule has 2 aromatic rings. The summed E-state index contributed by atoms with van der Waals surface area (Å²) >= 11 is 0. The Hall–Kier alpha value is -2.52. The molecule has 0 aliphatic carbocycles. The van der Waals surface area contributed by atoms with Crippen LogP contribution in [0.4, 0.5) is 5.69 Å². The van der Waals surface area contributed by atoms with Crippen molar-refractivity contribution in [3.63, 3.8) is 0 Å². The van der Waals surface area contributed by atoms with E-state index in [0.717, 1.165) is 49.7 Å². The third-order valence-electron chi connectivity index (χ3n) is 5.38. The van der Waals surface area contributed by atoms with Crippen LogP contribution in [0, 0.1) is 17.0 Å². The Morgan fingerprint density at radius 1 is 1.25 bits per heavy atom. The molecule has 0 spiro atoms. The van der Waals surface area contributed by atoms with Gasteiger partial charge >= 0.3 is 0 Å². The Kier molecular flexibility index (Phi) is 5.95. The molecule has 0 unspecified atom stereocenters. The molecule has 9 nitrogen and oxygen atoms in total. The molecule has 2 aliphatic rings. The van der Waals surface area contributed by atoms with Gasteiger partial charge in [-0.2, -0.15) is 0 Å². The van der Waals surface area contributed by atoms with Crippen molar-refractivity contribution in [1.29, 1.82) is 0 Å². The summed E-state index contributed by atoms with van der Waals surface area (Å²) in [7, 11) is 0. The summed E-state index contributed by atoms with van der Waals surface area (Å²) in [6.45, 7) is 5.47. The van der Waals surface area contributed by atoms with E-state index in [-0.39, 0.29) is 35.5 Å². The first-order valence-electron chi connectivity index (χ1n) is 9.21. The monoisotopic (exact) mass is 406 g/mol. The van der Waals surface area contributed by atoms with E-state index >= 15 is 0 Å². The van der Waals surface area contributed by atoms with E-state index in [1.807, 2.05) is 6.92 Å². The average molecular weight is 407 g/mol. The molecule has 2 aliphatic heterocycles. The highest BCUT2D eigenvalue weighted by Crippen LogP contribution is 2.30. The maximum atomic E-state index is 12.9. The van der Waals surface area contributed by atoms with Gasteiger partial charge in [-0.05, 0) is 31.4 Å². The van der Waals surface area contributed by atoms with Gasteiger partial charge in [0.2, 0.25) is 0 Å². The Bertz CT molecular complexity index is 891. The fraction of sp³-hybridized carbons (Fsp3) is 0.500. The van der Waals surface area contributed by atoms with E-state index < -0.39 is 4.92 Å². The minimum atomic E-state index is -0.490. The quantitative estimate of drug-likeness (QED) is 0.617. The molecule has 0 atom stereocenters. The zero-order chi connectivity index (χ0) is 19.0. The summed E-state index contributed by atoms with van der Waals surface area (Å²) in [5.74, 6) is 1.96. The smallest absolute Gasteiger partial charge is 0.282 e. The van der Waals surface area contributed by atoms with Crippen LogP contribution in [0.5, 0.6) is 0 Å². The number of piperidine rings is 1. The minimum Gasteiger partial charge on any atom is -0.338 e. The van der Waals surface area contributed by atoms with Gasteiger partial charge in [-0.15, -0.1) is 22.6 Å². The number of nitro benzene ring substituents is 1. The molecule has 1 saturated heterocycles. The molecule has 1 N–H and O–H groups in total. The molecule has 1 fully saturated rings. The van der Waals surface area contributed by atoms with Crippen LogP contribution in [-0.4, -0.2) is 50.1 Å². The van der Waals surface area contributed by atoms with Crippen molar-refractivity contribution in [1.82, 2.24) is 25.0 Å². The van der Waals surface area contributed by atoms with Gasteiger partial charge in [-0.1, -0.05) is 6.07 Å². The van der Waals surface area contributed by atoms with Crippen molar-refractivity contribution in [2.24, 2.45) is 0 Å². The number of halogens is 1. The van der Waals surface area contributed by atoms with E-state index in [0.29, 0.717) is 13.1 Å². The number of likely N-dealkylation sites (tertiary alicyclic amines) is 1. The van der Waals surface area contributed by atoms with E-state index in [1.54, 1.807) is 17.0 Å². The molecule has 0 radical (unpaired) electrons. The Morgan fingerprint density at radius 3 is 2.71 bits per heavy atom. The summed E-state index contributed by atoms with van der Waals surface area (Å²) < 4.78 is 2.18. The van der Waals surface area contributed by atoms with E-state index in [2.05, 4.69) is 20.1 Å². The number of nitrogens with zero attached hydrogens (tertiary/aromatic N) is 5. The number of hydrogen-bond acceptors (Lipinski definition) is 6. The summed E-state index contributed by atoms with van der Waals surface area (Å²) in [5, 5.41) is 23.2. The Labute approximate surface area is 168 Å². The lowest BCUT2D eigenvalue weighted by atomic mass is 9.95. The summed E-state index contributed by atoms with van der Waals surface area (Å²) in [6.07, 6.45) is 1.58. The molecule has 0 saturated carbocycles. The van der Waals surface area contributed by atoms with Gasteiger partial charge in [0.05, 0.1) is 11.5 Å². The SMILES string of the molecule is Cc1ccc([N+](=O)[O-])c(C(=O)N2CCC(c3nnc4n3CCNC4)CC2)c1.Cl. The predicted octanol–water partition coefficient (Wildman–Crippen LogP) is 2.04. The molecule has 3 heterocycles. The fourth-order valence-corrected chi connectivity index (χ4v) is 3.91. The number of benzene rings is 1. The number of fused-ring (bicyclic) bond motifs is 1. The molecular formula is C18H23ClN6O3. The minimum absolute atomic E-state index is 0. The lowest BCUT2D eigenvalue weighted by Gasteiger charge is -2.32. The van der Waals surface area contributed by atoms with E-state index in [9.17, 15) is 14.9 Å². The molecule has 10 heteroatoms. The molecular weight excluding hydrogens is 384 g/mol. The van der Waals surface area contributed by atoms with E-state index in [1.165, 1.54) is 6.07 Å². The van der Waals surface area contributed by atoms with Crippen LogP contribution in [0.15, 0.2) is 18.2 Å². The average Bonchev–Trinajstić information content (AvgIpc) is 3.11. The fourth-order valence-electron chi connectivity index (χ4n) is 3.91. The second-order valence-electron chi connectivity index (χ2n) is 7.15. The first-order valence-corrected chi connectivity index (χ1v) is 9.21. The highest BCUT2D eigenvalue weighted by molar-refractivity contribution is 5.98. The van der Waals surface area contributed by atoms with Crippen LogP contribution < -0.4 is 5.32 Å². The maximum Gasteiger partial charge on any atom is 0.282 e. The lowest BCUT2D eigenvalue weighted by molar-refractivity contribution is -0.385. The van der Waals surface area contributed by atoms with Gasteiger partial charge in [0.1, 0.15) is 17.2 Å². The van der Waals surface area contributed by atoms with Crippen LogP contribution in [-0.2, 0) is 13.1 Å². The third-order valence-corrected chi connectivity index (χ3v) is 5.38.